The van der Waals surface area contributed by atoms with E-state index < -0.39 is 0 Å². The molecule has 1 rings (SSSR count). The van der Waals surface area contributed by atoms with Crippen LogP contribution in [-0.2, 0) is 0 Å². The molecule has 0 aromatic carbocycles. The van der Waals surface area contributed by atoms with Crippen LogP contribution in [0.15, 0.2) is 18.5 Å². The van der Waals surface area contributed by atoms with Crippen LogP contribution in [0.2, 0.25) is 0 Å². The van der Waals surface area contributed by atoms with Crippen molar-refractivity contribution in [3.8, 4) is 0 Å². The Hall–Kier alpha value is -0.960. The van der Waals surface area contributed by atoms with E-state index in [0.717, 1.165) is 5.69 Å². The van der Waals surface area contributed by atoms with Crippen LogP contribution >= 0.6 is 0 Å². The van der Waals surface area contributed by atoms with Gasteiger partial charge in [0, 0.05) is 19.4 Å². The molecule has 3 heteroatoms. The van der Waals surface area contributed by atoms with Crippen molar-refractivity contribution in [1.29, 1.82) is 0 Å². The highest BCUT2D eigenvalue weighted by Crippen LogP contribution is 2.07. The number of hydrogen-bond acceptors (Lipinski definition) is 2. The maximum Gasteiger partial charge on any atom is 0.0654 e. The summed E-state index contributed by atoms with van der Waals surface area (Å²) in [4.78, 5) is 4.90. The molecule has 1 aromatic heterocycles. The smallest absolute Gasteiger partial charge is 0.0654 e. The third-order valence-corrected chi connectivity index (χ3v) is 1.30. The summed E-state index contributed by atoms with van der Waals surface area (Å²) in [7, 11) is 1.95. The van der Waals surface area contributed by atoms with Gasteiger partial charge < -0.3 is 15.6 Å². The van der Waals surface area contributed by atoms with Crippen LogP contribution in [0.1, 0.15) is 0 Å². The van der Waals surface area contributed by atoms with Gasteiger partial charge in [0.1, 0.15) is 0 Å². The molecule has 9 heavy (non-hydrogen) atoms. The van der Waals surface area contributed by atoms with E-state index in [9.17, 15) is 0 Å². The van der Waals surface area contributed by atoms with Crippen LogP contribution < -0.4 is 10.6 Å². The monoisotopic (exact) mass is 125 g/mol. The Kier molecular flexibility index (Phi) is 1.75. The molecule has 0 atom stereocenters. The van der Waals surface area contributed by atoms with Crippen molar-refractivity contribution in [2.75, 3.05) is 18.6 Å². The van der Waals surface area contributed by atoms with Crippen molar-refractivity contribution in [3.05, 3.63) is 18.5 Å². The van der Waals surface area contributed by atoms with Gasteiger partial charge in [0.05, 0.1) is 12.4 Å². The zero-order chi connectivity index (χ0) is 6.69. The predicted molar refractivity (Wildman–Crippen MR) is 38.3 cm³/mol. The molecule has 3 N–H and O–H groups in total. The average molecular weight is 125 g/mol. The van der Waals surface area contributed by atoms with Crippen molar-refractivity contribution >= 4 is 5.69 Å². The van der Waals surface area contributed by atoms with E-state index in [1.165, 1.54) is 0 Å². The lowest BCUT2D eigenvalue weighted by molar-refractivity contribution is 0.934. The molecule has 1 heterocycles. The van der Waals surface area contributed by atoms with E-state index >= 15 is 0 Å². The summed E-state index contributed by atoms with van der Waals surface area (Å²) < 4.78 is 0. The zero-order valence-electron chi connectivity index (χ0n) is 5.46. The van der Waals surface area contributed by atoms with Gasteiger partial charge in [-0.25, -0.2) is 0 Å². The van der Waals surface area contributed by atoms with Gasteiger partial charge in [-0.2, -0.15) is 0 Å². The standard InChI is InChI=1S/C6H11N3/c1-9(5-7)6-2-3-8-4-6/h2-4,8H,5,7H2,1H3. The number of aromatic nitrogens is 1. The Labute approximate surface area is 54.5 Å². The van der Waals surface area contributed by atoms with Gasteiger partial charge in [-0.3, -0.25) is 0 Å². The Morgan fingerprint density at radius 1 is 1.78 bits per heavy atom. The van der Waals surface area contributed by atoms with E-state index in [1.54, 1.807) is 0 Å². The van der Waals surface area contributed by atoms with Gasteiger partial charge >= 0.3 is 0 Å². The molecule has 0 spiro atoms. The lowest BCUT2D eigenvalue weighted by atomic mass is 10.5. The fourth-order valence-corrected chi connectivity index (χ4v) is 0.658. The van der Waals surface area contributed by atoms with Crippen molar-refractivity contribution in [1.82, 2.24) is 4.98 Å². The minimum Gasteiger partial charge on any atom is -0.366 e. The second-order valence-electron chi connectivity index (χ2n) is 1.95. The third-order valence-electron chi connectivity index (χ3n) is 1.30. The van der Waals surface area contributed by atoms with Crippen LogP contribution in [0.5, 0.6) is 0 Å². The van der Waals surface area contributed by atoms with E-state index in [-0.39, 0.29) is 0 Å². The SMILES string of the molecule is CN(CN)c1cc[nH]c1. The molecule has 0 saturated carbocycles. The Balaban J connectivity index is 2.65. The van der Waals surface area contributed by atoms with Crippen LogP contribution in [0.25, 0.3) is 0 Å². The molecule has 0 radical (unpaired) electrons. The molecule has 0 aliphatic carbocycles. The lowest BCUT2D eigenvalue weighted by Gasteiger charge is -2.12. The molecule has 0 aliphatic heterocycles. The van der Waals surface area contributed by atoms with Crippen LogP contribution in [0.4, 0.5) is 5.69 Å². The van der Waals surface area contributed by atoms with Crippen molar-refractivity contribution in [3.63, 3.8) is 0 Å². The van der Waals surface area contributed by atoms with Crippen LogP contribution in [-0.4, -0.2) is 18.7 Å². The molecule has 0 amide bonds. The number of H-pyrrole nitrogens is 1. The Bertz CT molecular complexity index is 157. The van der Waals surface area contributed by atoms with Crippen molar-refractivity contribution < 1.29 is 0 Å². The summed E-state index contributed by atoms with van der Waals surface area (Å²) in [5.41, 5.74) is 6.50. The van der Waals surface area contributed by atoms with Crippen LogP contribution in [0, 0.1) is 0 Å². The second-order valence-corrected chi connectivity index (χ2v) is 1.95. The van der Waals surface area contributed by atoms with Crippen molar-refractivity contribution in [2.24, 2.45) is 5.73 Å². The number of nitrogens with two attached hydrogens (primary N) is 1. The number of rotatable bonds is 2. The largest absolute Gasteiger partial charge is 0.366 e. The molecule has 0 fully saturated rings. The first-order valence-electron chi connectivity index (χ1n) is 2.88. The van der Waals surface area contributed by atoms with E-state index in [1.807, 2.05) is 30.4 Å². The predicted octanol–water partition coefficient (Wildman–Crippen LogP) is 0.367. The molecular formula is C6H11N3. The molecule has 0 saturated heterocycles. The fraction of sp³-hybridized carbons (Fsp3) is 0.333. The first-order chi connectivity index (χ1) is 4.34. The summed E-state index contributed by atoms with van der Waals surface area (Å²) in [6.07, 6.45) is 3.79. The number of anilines is 1. The Morgan fingerprint density at radius 2 is 2.56 bits per heavy atom. The summed E-state index contributed by atoms with van der Waals surface area (Å²) in [6, 6.07) is 1.98. The number of hydrogen-bond donors (Lipinski definition) is 2. The van der Waals surface area contributed by atoms with Gasteiger partial charge in [-0.05, 0) is 6.07 Å². The van der Waals surface area contributed by atoms with Crippen molar-refractivity contribution in [2.45, 2.75) is 0 Å². The minimum atomic E-state index is 0.553. The number of nitrogens with zero attached hydrogens (tertiary/aromatic N) is 1. The first-order valence-corrected chi connectivity index (χ1v) is 2.88. The molecule has 0 bridgehead atoms. The number of nitrogens with one attached hydrogen (secondary N) is 1. The number of aromatic amines is 1. The molecule has 3 nitrogen and oxygen atoms in total. The van der Waals surface area contributed by atoms with Gasteiger partial charge in [0.2, 0.25) is 0 Å². The lowest BCUT2D eigenvalue weighted by Crippen LogP contribution is -2.24. The molecule has 1 aromatic rings. The van der Waals surface area contributed by atoms with Gasteiger partial charge in [-0.1, -0.05) is 0 Å². The summed E-state index contributed by atoms with van der Waals surface area (Å²) in [5.74, 6) is 0. The topological polar surface area (TPSA) is 45.0 Å². The maximum absolute atomic E-state index is 5.38. The molecule has 0 aliphatic rings. The summed E-state index contributed by atoms with van der Waals surface area (Å²) in [5, 5.41) is 0. The quantitative estimate of drug-likeness (QED) is 0.561. The van der Waals surface area contributed by atoms with Gasteiger partial charge in [0.15, 0.2) is 0 Å². The highest BCUT2D eigenvalue weighted by atomic mass is 15.2. The third kappa shape index (κ3) is 1.23. The summed E-state index contributed by atoms with van der Waals surface area (Å²) >= 11 is 0. The molecule has 50 valence electrons. The van der Waals surface area contributed by atoms with E-state index in [0.29, 0.717) is 6.67 Å². The van der Waals surface area contributed by atoms with E-state index in [2.05, 4.69) is 4.98 Å². The van der Waals surface area contributed by atoms with Gasteiger partial charge in [-0.15, -0.1) is 0 Å². The normalized spacial score (nSPS) is 9.56. The highest BCUT2D eigenvalue weighted by molar-refractivity contribution is 5.42. The zero-order valence-corrected chi connectivity index (χ0v) is 5.46. The highest BCUT2D eigenvalue weighted by Gasteiger charge is 1.94. The Morgan fingerprint density at radius 3 is 3.00 bits per heavy atom. The fourth-order valence-electron chi connectivity index (χ4n) is 0.658. The molecule has 0 unspecified atom stereocenters. The maximum atomic E-state index is 5.38. The van der Waals surface area contributed by atoms with E-state index in [4.69, 9.17) is 5.73 Å². The molecular weight excluding hydrogens is 114 g/mol. The summed E-state index contributed by atoms with van der Waals surface area (Å²) in [6.45, 7) is 0.553. The second kappa shape index (κ2) is 2.55. The minimum absolute atomic E-state index is 0.553. The van der Waals surface area contributed by atoms with Gasteiger partial charge in [0.25, 0.3) is 0 Å². The first kappa shape index (κ1) is 6.16. The van der Waals surface area contributed by atoms with Crippen LogP contribution in [0.3, 0.4) is 0 Å². The average Bonchev–Trinajstić information content (AvgIpc) is 2.37.